The van der Waals surface area contributed by atoms with Gasteiger partial charge in [0.15, 0.2) is 0 Å². The molecule has 0 saturated carbocycles. The fraction of sp³-hybridized carbons (Fsp3) is 0.500. The summed E-state index contributed by atoms with van der Waals surface area (Å²) in [4.78, 5) is 14.1. The molecule has 0 radical (unpaired) electrons. The Morgan fingerprint density at radius 2 is 1.88 bits per heavy atom. The first-order valence-electron chi connectivity index (χ1n) is 6.04. The second-order valence-corrected chi connectivity index (χ2v) is 4.45. The molecule has 1 amide bonds. The highest BCUT2D eigenvalue weighted by Gasteiger charge is 2.15. The van der Waals surface area contributed by atoms with E-state index in [9.17, 15) is 4.79 Å². The summed E-state index contributed by atoms with van der Waals surface area (Å²) in [5.74, 6) is 0.122. The zero-order chi connectivity index (χ0) is 12.8. The summed E-state index contributed by atoms with van der Waals surface area (Å²) >= 11 is 0. The minimum atomic E-state index is 0.122. The van der Waals surface area contributed by atoms with Gasteiger partial charge in [0.2, 0.25) is 0 Å². The van der Waals surface area contributed by atoms with Gasteiger partial charge in [-0.05, 0) is 45.0 Å². The predicted octanol–water partition coefficient (Wildman–Crippen LogP) is 1.98. The maximum Gasteiger partial charge on any atom is 0.254 e. The number of hydrogen-bond acceptors (Lipinski definition) is 2. The van der Waals surface area contributed by atoms with Crippen LogP contribution >= 0.6 is 0 Å². The quantitative estimate of drug-likeness (QED) is 0.790. The van der Waals surface area contributed by atoms with Crippen LogP contribution in [-0.4, -0.2) is 38.0 Å². The molecule has 0 saturated heterocycles. The van der Waals surface area contributed by atoms with Crippen LogP contribution in [0, 0.1) is 13.8 Å². The Labute approximate surface area is 104 Å². The number of carbonyl (C=O) groups is 1. The minimum Gasteiger partial charge on any atom is -0.342 e. The van der Waals surface area contributed by atoms with E-state index in [-0.39, 0.29) is 5.91 Å². The van der Waals surface area contributed by atoms with E-state index in [1.54, 1.807) is 4.90 Å². The van der Waals surface area contributed by atoms with Crippen LogP contribution < -0.4 is 5.32 Å². The van der Waals surface area contributed by atoms with E-state index in [4.69, 9.17) is 0 Å². The standard InChI is InChI=1S/C14H22N2O/c1-11-7-5-8-12(2)13(11)14(17)16(4)10-6-9-15-3/h5,7-8,15H,6,9-10H2,1-4H3. The van der Waals surface area contributed by atoms with E-state index in [0.29, 0.717) is 0 Å². The third kappa shape index (κ3) is 3.56. The van der Waals surface area contributed by atoms with E-state index >= 15 is 0 Å². The predicted molar refractivity (Wildman–Crippen MR) is 71.4 cm³/mol. The SMILES string of the molecule is CNCCCN(C)C(=O)c1c(C)cccc1C. The third-order valence-electron chi connectivity index (χ3n) is 2.96. The molecule has 0 atom stereocenters. The van der Waals surface area contributed by atoms with Gasteiger partial charge < -0.3 is 10.2 Å². The molecule has 17 heavy (non-hydrogen) atoms. The number of aryl methyl sites for hydroxylation is 2. The average molecular weight is 234 g/mol. The normalized spacial score (nSPS) is 10.4. The van der Waals surface area contributed by atoms with Crippen LogP contribution in [-0.2, 0) is 0 Å². The van der Waals surface area contributed by atoms with Crippen LogP contribution in [0.4, 0.5) is 0 Å². The van der Waals surface area contributed by atoms with Crippen molar-refractivity contribution in [1.82, 2.24) is 10.2 Å². The molecular weight excluding hydrogens is 212 g/mol. The smallest absolute Gasteiger partial charge is 0.254 e. The van der Waals surface area contributed by atoms with Crippen molar-refractivity contribution in [2.24, 2.45) is 0 Å². The topological polar surface area (TPSA) is 32.3 Å². The first-order chi connectivity index (χ1) is 8.07. The zero-order valence-corrected chi connectivity index (χ0v) is 11.2. The summed E-state index contributed by atoms with van der Waals surface area (Å²) in [5, 5.41) is 3.09. The van der Waals surface area contributed by atoms with Crippen molar-refractivity contribution in [1.29, 1.82) is 0 Å². The summed E-state index contributed by atoms with van der Waals surface area (Å²) in [5.41, 5.74) is 2.95. The molecule has 3 nitrogen and oxygen atoms in total. The van der Waals surface area contributed by atoms with Gasteiger partial charge in [-0.15, -0.1) is 0 Å². The van der Waals surface area contributed by atoms with Crippen LogP contribution in [0.3, 0.4) is 0 Å². The first kappa shape index (κ1) is 13.7. The van der Waals surface area contributed by atoms with E-state index < -0.39 is 0 Å². The molecule has 0 aromatic heterocycles. The molecule has 3 heteroatoms. The largest absolute Gasteiger partial charge is 0.342 e. The molecule has 1 N–H and O–H groups in total. The molecule has 1 aromatic carbocycles. The Kier molecular flexibility index (Phi) is 5.16. The molecule has 0 spiro atoms. The zero-order valence-electron chi connectivity index (χ0n) is 11.2. The van der Waals surface area contributed by atoms with Crippen LogP contribution in [0.2, 0.25) is 0 Å². The fourth-order valence-corrected chi connectivity index (χ4v) is 1.94. The molecule has 1 aromatic rings. The Hall–Kier alpha value is -1.35. The molecule has 0 aliphatic heterocycles. The minimum absolute atomic E-state index is 0.122. The van der Waals surface area contributed by atoms with Gasteiger partial charge in [0.25, 0.3) is 5.91 Å². The maximum absolute atomic E-state index is 12.3. The number of nitrogens with zero attached hydrogens (tertiary/aromatic N) is 1. The van der Waals surface area contributed by atoms with Gasteiger partial charge >= 0.3 is 0 Å². The number of nitrogens with one attached hydrogen (secondary N) is 1. The molecule has 0 fully saturated rings. The lowest BCUT2D eigenvalue weighted by molar-refractivity contribution is 0.0792. The Balaban J connectivity index is 2.75. The number of amides is 1. The van der Waals surface area contributed by atoms with Gasteiger partial charge in [-0.1, -0.05) is 18.2 Å². The van der Waals surface area contributed by atoms with Crippen molar-refractivity contribution in [3.8, 4) is 0 Å². The molecule has 0 bridgehead atoms. The lowest BCUT2D eigenvalue weighted by Crippen LogP contribution is -2.30. The molecule has 0 aliphatic rings. The third-order valence-corrected chi connectivity index (χ3v) is 2.96. The van der Waals surface area contributed by atoms with Crippen molar-refractivity contribution in [2.75, 3.05) is 27.2 Å². The highest BCUT2D eigenvalue weighted by molar-refractivity contribution is 5.96. The average Bonchev–Trinajstić information content (AvgIpc) is 2.28. The van der Waals surface area contributed by atoms with Crippen LogP contribution in [0.1, 0.15) is 27.9 Å². The summed E-state index contributed by atoms with van der Waals surface area (Å²) in [6.45, 7) is 5.70. The first-order valence-corrected chi connectivity index (χ1v) is 6.04. The molecule has 0 aliphatic carbocycles. The molecule has 0 unspecified atom stereocenters. The van der Waals surface area contributed by atoms with E-state index in [2.05, 4.69) is 5.32 Å². The van der Waals surface area contributed by atoms with E-state index in [0.717, 1.165) is 36.2 Å². The van der Waals surface area contributed by atoms with Gasteiger partial charge in [-0.3, -0.25) is 4.79 Å². The number of carbonyl (C=O) groups excluding carboxylic acids is 1. The van der Waals surface area contributed by atoms with Gasteiger partial charge in [-0.2, -0.15) is 0 Å². The van der Waals surface area contributed by atoms with Crippen LogP contribution in [0.15, 0.2) is 18.2 Å². The molecule has 1 rings (SSSR count). The van der Waals surface area contributed by atoms with Crippen molar-refractivity contribution in [2.45, 2.75) is 20.3 Å². The second kappa shape index (κ2) is 6.40. The summed E-state index contributed by atoms with van der Waals surface area (Å²) in [6.07, 6.45) is 0.976. The summed E-state index contributed by atoms with van der Waals surface area (Å²) in [7, 11) is 3.79. The highest BCUT2D eigenvalue weighted by atomic mass is 16.2. The molecule has 0 heterocycles. The number of hydrogen-bond donors (Lipinski definition) is 1. The number of benzene rings is 1. The van der Waals surface area contributed by atoms with Gasteiger partial charge in [-0.25, -0.2) is 0 Å². The lowest BCUT2D eigenvalue weighted by Gasteiger charge is -2.19. The van der Waals surface area contributed by atoms with Gasteiger partial charge in [0.05, 0.1) is 0 Å². The lowest BCUT2D eigenvalue weighted by atomic mass is 10.0. The monoisotopic (exact) mass is 234 g/mol. The Morgan fingerprint density at radius 3 is 2.41 bits per heavy atom. The Morgan fingerprint density at radius 1 is 1.29 bits per heavy atom. The van der Waals surface area contributed by atoms with E-state index in [1.165, 1.54) is 0 Å². The van der Waals surface area contributed by atoms with Crippen LogP contribution in [0.5, 0.6) is 0 Å². The summed E-state index contributed by atoms with van der Waals surface area (Å²) in [6, 6.07) is 5.96. The Bertz CT molecular complexity index is 368. The molecule has 94 valence electrons. The summed E-state index contributed by atoms with van der Waals surface area (Å²) < 4.78 is 0. The van der Waals surface area contributed by atoms with Gasteiger partial charge in [0, 0.05) is 19.2 Å². The fourth-order valence-electron chi connectivity index (χ4n) is 1.94. The van der Waals surface area contributed by atoms with E-state index in [1.807, 2.05) is 46.1 Å². The second-order valence-electron chi connectivity index (χ2n) is 4.45. The molecular formula is C14H22N2O. The van der Waals surface area contributed by atoms with Crippen molar-refractivity contribution in [3.63, 3.8) is 0 Å². The van der Waals surface area contributed by atoms with Crippen LogP contribution in [0.25, 0.3) is 0 Å². The number of rotatable bonds is 5. The maximum atomic E-state index is 12.3. The van der Waals surface area contributed by atoms with Crippen molar-refractivity contribution < 1.29 is 4.79 Å². The van der Waals surface area contributed by atoms with Gasteiger partial charge in [0.1, 0.15) is 0 Å². The van der Waals surface area contributed by atoms with Crippen molar-refractivity contribution >= 4 is 5.91 Å². The highest BCUT2D eigenvalue weighted by Crippen LogP contribution is 2.15. The van der Waals surface area contributed by atoms with Crippen molar-refractivity contribution in [3.05, 3.63) is 34.9 Å².